The van der Waals surface area contributed by atoms with E-state index in [1.807, 2.05) is 47.4 Å². The van der Waals surface area contributed by atoms with E-state index >= 15 is 0 Å². The third kappa shape index (κ3) is 3.24. The van der Waals surface area contributed by atoms with E-state index in [1.54, 1.807) is 6.20 Å². The van der Waals surface area contributed by atoms with E-state index in [1.165, 1.54) is 0 Å². The van der Waals surface area contributed by atoms with Gasteiger partial charge < -0.3 is 14.2 Å². The highest BCUT2D eigenvalue weighted by atomic mass is 16.4. The molecule has 2 aliphatic rings. The smallest absolute Gasteiger partial charge is 0.253 e. The monoisotopic (exact) mass is 375 g/mol. The number of carbonyl (C=O) groups excluding carboxylic acids is 1. The van der Waals surface area contributed by atoms with E-state index in [2.05, 4.69) is 20.1 Å². The minimum atomic E-state index is 0.0764. The number of carbonyl (C=O) groups is 1. The van der Waals surface area contributed by atoms with Gasteiger partial charge in [0.2, 0.25) is 5.89 Å². The van der Waals surface area contributed by atoms with Crippen LogP contribution < -0.4 is 4.90 Å². The van der Waals surface area contributed by atoms with Gasteiger partial charge in [-0.2, -0.15) is 0 Å². The van der Waals surface area contributed by atoms with Crippen LogP contribution in [-0.4, -0.2) is 52.2 Å². The number of hydrogen-bond donors (Lipinski definition) is 0. The first kappa shape index (κ1) is 16.9. The third-order valence-electron chi connectivity index (χ3n) is 5.27. The molecule has 0 spiro atoms. The Bertz CT molecular complexity index is 975. The molecule has 3 aromatic rings. The second kappa shape index (κ2) is 7.07. The predicted molar refractivity (Wildman–Crippen MR) is 104 cm³/mol. The van der Waals surface area contributed by atoms with Crippen molar-refractivity contribution >= 4 is 11.7 Å². The first-order valence-electron chi connectivity index (χ1n) is 9.67. The van der Waals surface area contributed by atoms with Gasteiger partial charge in [0.25, 0.3) is 11.8 Å². The summed E-state index contributed by atoms with van der Waals surface area (Å²) >= 11 is 0. The lowest BCUT2D eigenvalue weighted by atomic mass is 10.1. The van der Waals surface area contributed by atoms with Crippen molar-refractivity contribution in [2.75, 3.05) is 31.1 Å². The lowest BCUT2D eigenvalue weighted by Crippen LogP contribution is -2.49. The van der Waals surface area contributed by atoms with Crippen molar-refractivity contribution in [2.45, 2.75) is 18.8 Å². The second-order valence-electron chi connectivity index (χ2n) is 7.24. The van der Waals surface area contributed by atoms with Gasteiger partial charge in [-0.25, -0.2) is 4.98 Å². The minimum Gasteiger partial charge on any atom is -0.420 e. The molecular weight excluding hydrogens is 354 g/mol. The maximum Gasteiger partial charge on any atom is 0.253 e. The summed E-state index contributed by atoms with van der Waals surface area (Å²) in [5, 5.41) is 8.43. The Morgan fingerprint density at radius 1 is 0.964 bits per heavy atom. The van der Waals surface area contributed by atoms with Crippen molar-refractivity contribution in [3.05, 3.63) is 60.1 Å². The van der Waals surface area contributed by atoms with Gasteiger partial charge in [-0.15, -0.1) is 10.2 Å². The van der Waals surface area contributed by atoms with Crippen LogP contribution in [0, 0.1) is 0 Å². The van der Waals surface area contributed by atoms with E-state index in [0.29, 0.717) is 38.0 Å². The van der Waals surface area contributed by atoms with Crippen molar-refractivity contribution in [1.82, 2.24) is 20.1 Å². The normalized spacial score (nSPS) is 17.0. The summed E-state index contributed by atoms with van der Waals surface area (Å²) in [5.41, 5.74) is 1.58. The molecule has 0 radical (unpaired) electrons. The molecule has 7 nitrogen and oxygen atoms in total. The molecule has 7 heteroatoms. The first-order valence-corrected chi connectivity index (χ1v) is 9.67. The molecule has 0 N–H and O–H groups in total. The fraction of sp³-hybridized carbons (Fsp3) is 0.333. The summed E-state index contributed by atoms with van der Waals surface area (Å²) in [5.74, 6) is 2.58. The quantitative estimate of drug-likeness (QED) is 0.698. The van der Waals surface area contributed by atoms with Crippen LogP contribution in [0.1, 0.15) is 35.0 Å². The summed E-state index contributed by atoms with van der Waals surface area (Å²) in [6, 6.07) is 13.3. The average molecular weight is 375 g/mol. The summed E-state index contributed by atoms with van der Waals surface area (Å²) in [6.45, 7) is 2.74. The van der Waals surface area contributed by atoms with Crippen LogP contribution in [0.3, 0.4) is 0 Å². The van der Waals surface area contributed by atoms with E-state index < -0.39 is 0 Å². The van der Waals surface area contributed by atoms with Gasteiger partial charge in [0, 0.05) is 43.9 Å². The molecule has 28 heavy (non-hydrogen) atoms. The SMILES string of the molecule is O=C(c1ccccc1)N1CCN(c2ncccc2-c2nnc(C3CC3)o2)CC1. The van der Waals surface area contributed by atoms with Crippen LogP contribution in [0.15, 0.2) is 53.1 Å². The molecule has 0 atom stereocenters. The Labute approximate surface area is 163 Å². The number of hydrogen-bond acceptors (Lipinski definition) is 6. The van der Waals surface area contributed by atoms with E-state index in [9.17, 15) is 4.79 Å². The molecule has 1 aliphatic carbocycles. The van der Waals surface area contributed by atoms with Crippen molar-refractivity contribution in [3.8, 4) is 11.5 Å². The summed E-state index contributed by atoms with van der Waals surface area (Å²) < 4.78 is 5.89. The Balaban J connectivity index is 1.32. The Hall–Kier alpha value is -3.22. The zero-order valence-corrected chi connectivity index (χ0v) is 15.5. The van der Waals surface area contributed by atoms with E-state index in [4.69, 9.17) is 4.42 Å². The molecule has 5 rings (SSSR count). The van der Waals surface area contributed by atoms with Gasteiger partial charge in [0.1, 0.15) is 5.82 Å². The zero-order chi connectivity index (χ0) is 18.9. The van der Waals surface area contributed by atoms with Crippen LogP contribution in [0.25, 0.3) is 11.5 Å². The van der Waals surface area contributed by atoms with Gasteiger partial charge in [-0.1, -0.05) is 18.2 Å². The molecule has 142 valence electrons. The Morgan fingerprint density at radius 3 is 2.50 bits per heavy atom. The van der Waals surface area contributed by atoms with Gasteiger partial charge in [0.15, 0.2) is 0 Å². The third-order valence-corrected chi connectivity index (χ3v) is 5.27. The predicted octanol–water partition coefficient (Wildman–Crippen LogP) is 2.97. The zero-order valence-electron chi connectivity index (χ0n) is 15.5. The molecule has 1 saturated carbocycles. The number of amides is 1. The molecule has 0 bridgehead atoms. The number of rotatable bonds is 4. The molecule has 1 aromatic carbocycles. The Morgan fingerprint density at radius 2 is 1.75 bits per heavy atom. The second-order valence-corrected chi connectivity index (χ2v) is 7.24. The first-order chi connectivity index (χ1) is 13.8. The molecule has 0 unspecified atom stereocenters. The van der Waals surface area contributed by atoms with E-state index in [0.717, 1.165) is 35.7 Å². The fourth-order valence-electron chi connectivity index (χ4n) is 3.54. The molecule has 2 aromatic heterocycles. The lowest BCUT2D eigenvalue weighted by Gasteiger charge is -2.36. The highest BCUT2D eigenvalue weighted by Gasteiger charge is 2.31. The van der Waals surface area contributed by atoms with Crippen LogP contribution >= 0.6 is 0 Å². The van der Waals surface area contributed by atoms with Crippen LogP contribution in [0.2, 0.25) is 0 Å². The van der Waals surface area contributed by atoms with E-state index in [-0.39, 0.29) is 5.91 Å². The van der Waals surface area contributed by atoms with Gasteiger partial charge in [-0.05, 0) is 37.1 Å². The fourth-order valence-corrected chi connectivity index (χ4v) is 3.54. The summed E-state index contributed by atoms with van der Waals surface area (Å²) in [4.78, 5) is 21.3. The van der Waals surface area contributed by atoms with Crippen molar-refractivity contribution in [3.63, 3.8) is 0 Å². The van der Waals surface area contributed by atoms with Crippen LogP contribution in [0.4, 0.5) is 5.82 Å². The Kier molecular flexibility index (Phi) is 4.27. The number of piperazine rings is 1. The van der Waals surface area contributed by atoms with Gasteiger partial charge >= 0.3 is 0 Å². The van der Waals surface area contributed by atoms with Crippen molar-refractivity contribution in [1.29, 1.82) is 0 Å². The largest absolute Gasteiger partial charge is 0.420 e. The van der Waals surface area contributed by atoms with Crippen molar-refractivity contribution in [2.24, 2.45) is 0 Å². The number of aromatic nitrogens is 3. The maximum absolute atomic E-state index is 12.7. The molecule has 3 heterocycles. The van der Waals surface area contributed by atoms with Crippen LogP contribution in [0.5, 0.6) is 0 Å². The lowest BCUT2D eigenvalue weighted by molar-refractivity contribution is 0.0746. The molecule has 2 fully saturated rings. The summed E-state index contributed by atoms with van der Waals surface area (Å²) in [6.07, 6.45) is 4.02. The molecule has 1 saturated heterocycles. The van der Waals surface area contributed by atoms with Crippen LogP contribution in [-0.2, 0) is 0 Å². The molecule has 1 aliphatic heterocycles. The molecular formula is C21H21N5O2. The highest BCUT2D eigenvalue weighted by molar-refractivity contribution is 5.94. The van der Waals surface area contributed by atoms with Crippen molar-refractivity contribution < 1.29 is 9.21 Å². The number of nitrogens with zero attached hydrogens (tertiary/aromatic N) is 5. The highest BCUT2D eigenvalue weighted by Crippen LogP contribution is 2.40. The number of benzene rings is 1. The number of anilines is 1. The minimum absolute atomic E-state index is 0.0764. The average Bonchev–Trinajstić information content (AvgIpc) is 3.51. The van der Waals surface area contributed by atoms with Gasteiger partial charge in [0.05, 0.1) is 5.56 Å². The summed E-state index contributed by atoms with van der Waals surface area (Å²) in [7, 11) is 0. The topological polar surface area (TPSA) is 75.4 Å². The molecule has 1 amide bonds. The maximum atomic E-state index is 12.7. The standard InChI is InChI=1S/C21H21N5O2/c27-21(16-5-2-1-3-6-16)26-13-11-25(12-14-26)18-17(7-4-10-22-18)20-24-23-19(28-20)15-8-9-15/h1-7,10,15H,8-9,11-14H2. The van der Waals surface area contributed by atoms with Gasteiger partial charge in [-0.3, -0.25) is 4.79 Å². The number of pyridine rings is 1.